The third kappa shape index (κ3) is 12.6. The van der Waals surface area contributed by atoms with Gasteiger partial charge < -0.3 is 24.2 Å². The molecule has 0 bridgehead atoms. The predicted molar refractivity (Wildman–Crippen MR) is 336 cm³/mol. The molecular formula is C74H61BN2O9. The summed E-state index contributed by atoms with van der Waals surface area (Å²) in [6.07, 6.45) is 4.75. The SMILES string of the molecule is CCO[n+]1ccccc1C(=O)Oc1c2ccccc2cc2cc3ccccc3cc12.CCO[n+]1ccccc1C(=O)Oc1c2ccccc2cc2cc3ccccc3cc12.[O-]B([O-])OCCCC(c1ccccc1)(c1ccccc1)c1ccccc1. The number of nitrogens with zero attached hydrogens (tertiary/aromatic N) is 2. The summed E-state index contributed by atoms with van der Waals surface area (Å²) in [6.45, 7) is 4.79. The molecule has 11 nitrogen and oxygen atoms in total. The Bertz CT molecular complexity index is 4160. The fourth-order valence-corrected chi connectivity index (χ4v) is 11.2. The number of carbonyl (C=O) groups is 2. The second kappa shape index (κ2) is 27.0. The zero-order valence-corrected chi connectivity index (χ0v) is 47.7. The zero-order chi connectivity index (χ0) is 59.2. The fourth-order valence-electron chi connectivity index (χ4n) is 11.2. The third-order valence-corrected chi connectivity index (χ3v) is 15.1. The average molecular weight is 1130 g/mol. The zero-order valence-electron chi connectivity index (χ0n) is 47.7. The Balaban J connectivity index is 0.000000134. The van der Waals surface area contributed by atoms with Crippen LogP contribution in [0.5, 0.6) is 11.5 Å². The van der Waals surface area contributed by atoms with Gasteiger partial charge in [-0.15, -0.1) is 0 Å². The van der Waals surface area contributed by atoms with Gasteiger partial charge >= 0.3 is 23.3 Å². The normalized spacial score (nSPS) is 11.2. The number of pyridine rings is 2. The first-order valence-electron chi connectivity index (χ1n) is 28.7. The van der Waals surface area contributed by atoms with Crippen LogP contribution in [0.25, 0.3) is 64.6 Å². The van der Waals surface area contributed by atoms with Crippen molar-refractivity contribution in [2.75, 3.05) is 19.8 Å². The van der Waals surface area contributed by atoms with E-state index in [-0.39, 0.29) is 12.0 Å². The molecule has 0 aliphatic carbocycles. The minimum atomic E-state index is -2.23. The number of aromatic nitrogens is 2. The standard InChI is InChI=1S/2C26H20NO3.C22H21BO3/c2*1-2-29-27-14-8-7-13-24(27)26(28)30-25-22-12-6-5-11-20(22)16-21-15-18-9-3-4-10-19(18)17-23(21)25;24-23(25)26-18-10-17-22(19-11-4-1-5-12-19,20-13-6-2-7-14-20)21-15-8-3-9-16-21/h2*3-17H,2H2,1H3;1-9,11-16H,10,17-18H2/q2*+1;-2. The Kier molecular flexibility index (Phi) is 18.1. The minimum absolute atomic E-state index is 0.159. The molecule has 0 atom stereocenters. The molecule has 0 saturated heterocycles. The van der Waals surface area contributed by atoms with Crippen LogP contribution in [0, 0.1) is 0 Å². The van der Waals surface area contributed by atoms with Crippen LogP contribution in [0.15, 0.2) is 273 Å². The van der Waals surface area contributed by atoms with Gasteiger partial charge in [-0.1, -0.05) is 188 Å². The number of carbonyl (C=O) groups excluding carboxylic acids is 2. The lowest BCUT2D eigenvalue weighted by Gasteiger charge is -2.37. The van der Waals surface area contributed by atoms with Crippen LogP contribution in [-0.4, -0.2) is 39.1 Å². The van der Waals surface area contributed by atoms with E-state index in [9.17, 15) is 19.6 Å². The number of ether oxygens (including phenoxy) is 2. The fraction of sp³-hybridized carbons (Fsp3) is 0.108. The molecule has 0 fully saturated rings. The number of esters is 2. The van der Waals surface area contributed by atoms with E-state index in [4.69, 9.17) is 23.8 Å². The highest BCUT2D eigenvalue weighted by Gasteiger charge is 2.36. The van der Waals surface area contributed by atoms with Crippen molar-refractivity contribution in [3.8, 4) is 11.5 Å². The summed E-state index contributed by atoms with van der Waals surface area (Å²) in [7, 11) is -2.23. The molecule has 0 saturated carbocycles. The Labute approximate surface area is 499 Å². The van der Waals surface area contributed by atoms with Crippen LogP contribution in [0.1, 0.15) is 64.4 Å². The number of rotatable bonds is 16. The van der Waals surface area contributed by atoms with Gasteiger partial charge in [-0.05, 0) is 135 Å². The van der Waals surface area contributed by atoms with Crippen molar-refractivity contribution >= 4 is 83.9 Å². The van der Waals surface area contributed by atoms with Crippen molar-refractivity contribution < 1.29 is 52.9 Å². The van der Waals surface area contributed by atoms with Crippen molar-refractivity contribution in [3.05, 3.63) is 301 Å². The number of fused-ring (bicyclic) bond motifs is 6. The van der Waals surface area contributed by atoms with Crippen molar-refractivity contribution in [1.29, 1.82) is 0 Å². The lowest BCUT2D eigenvalue weighted by atomic mass is 9.67. The molecule has 0 N–H and O–H groups in total. The summed E-state index contributed by atoms with van der Waals surface area (Å²) in [5.74, 6) is 0.196. The molecule has 13 rings (SSSR count). The second-order valence-corrected chi connectivity index (χ2v) is 20.4. The molecule has 2 aromatic heterocycles. The summed E-state index contributed by atoms with van der Waals surface area (Å²) in [5, 5.41) is 33.6. The van der Waals surface area contributed by atoms with Gasteiger partial charge in [-0.2, -0.15) is 0 Å². The van der Waals surface area contributed by atoms with E-state index < -0.39 is 19.3 Å². The van der Waals surface area contributed by atoms with Gasteiger partial charge in [0.25, 0.3) is 0 Å². The van der Waals surface area contributed by atoms with Gasteiger partial charge in [-0.3, -0.25) is 9.68 Å². The van der Waals surface area contributed by atoms with E-state index >= 15 is 0 Å². The van der Waals surface area contributed by atoms with Gasteiger partial charge in [0.1, 0.15) is 11.5 Å². The van der Waals surface area contributed by atoms with E-state index in [2.05, 4.69) is 97.1 Å². The highest BCUT2D eigenvalue weighted by atomic mass is 16.7. The molecule has 0 aliphatic rings. The largest absolute Gasteiger partial charge is 0.871 e. The molecule has 2 heterocycles. The highest BCUT2D eigenvalue weighted by molar-refractivity contribution is 6.28. The molecule has 12 heteroatoms. The maximum absolute atomic E-state index is 13.1. The molecule has 424 valence electrons. The van der Waals surface area contributed by atoms with Crippen LogP contribution in [0.2, 0.25) is 0 Å². The van der Waals surface area contributed by atoms with Crippen molar-refractivity contribution in [2.24, 2.45) is 0 Å². The molecule has 0 aliphatic heterocycles. The maximum Gasteiger partial charge on any atom is 0.414 e. The number of hydrogen-bond acceptors (Lipinski definition) is 9. The number of benzene rings is 11. The van der Waals surface area contributed by atoms with E-state index in [0.717, 1.165) is 71.1 Å². The Morgan fingerprint density at radius 2 is 0.733 bits per heavy atom. The van der Waals surface area contributed by atoms with Gasteiger partial charge in [0.15, 0.2) is 13.2 Å². The lowest BCUT2D eigenvalue weighted by molar-refractivity contribution is -0.892. The monoisotopic (exact) mass is 1130 g/mol. The van der Waals surface area contributed by atoms with Gasteiger partial charge in [0, 0.05) is 67.3 Å². The molecule has 13 aromatic rings. The highest BCUT2D eigenvalue weighted by Crippen LogP contribution is 2.44. The Morgan fingerprint density at radius 3 is 1.12 bits per heavy atom. The molecule has 86 heavy (non-hydrogen) atoms. The molecule has 0 amide bonds. The van der Waals surface area contributed by atoms with Crippen LogP contribution in [0.4, 0.5) is 0 Å². The Hall–Kier alpha value is -10.2. The van der Waals surface area contributed by atoms with Gasteiger partial charge in [-0.25, -0.2) is 9.59 Å². The van der Waals surface area contributed by atoms with E-state index in [1.165, 1.54) is 26.2 Å². The van der Waals surface area contributed by atoms with Crippen molar-refractivity contribution in [3.63, 3.8) is 0 Å². The average Bonchev–Trinajstić information content (AvgIpc) is 2.76. The summed E-state index contributed by atoms with van der Waals surface area (Å²) in [4.78, 5) is 37.4. The van der Waals surface area contributed by atoms with Crippen molar-refractivity contribution in [2.45, 2.75) is 32.1 Å². The first kappa shape index (κ1) is 57.6. The smallest absolute Gasteiger partial charge is 0.414 e. The van der Waals surface area contributed by atoms with Crippen LogP contribution in [0.3, 0.4) is 0 Å². The van der Waals surface area contributed by atoms with Crippen LogP contribution >= 0.6 is 0 Å². The summed E-state index contributed by atoms with van der Waals surface area (Å²) in [6, 6.07) is 86.6. The predicted octanol–water partition coefficient (Wildman–Crippen LogP) is 12.7. The second-order valence-electron chi connectivity index (χ2n) is 20.4. The molecule has 0 spiro atoms. The first-order chi connectivity index (χ1) is 42.2. The quantitative estimate of drug-likeness (QED) is 0.0176. The number of hydrogen-bond donors (Lipinski definition) is 0. The van der Waals surface area contributed by atoms with Crippen molar-refractivity contribution in [1.82, 2.24) is 0 Å². The summed E-state index contributed by atoms with van der Waals surface area (Å²) < 4.78 is 19.7. The Morgan fingerprint density at radius 1 is 0.395 bits per heavy atom. The van der Waals surface area contributed by atoms with E-state index in [0.29, 0.717) is 42.5 Å². The van der Waals surface area contributed by atoms with E-state index in [1.807, 2.05) is 153 Å². The summed E-state index contributed by atoms with van der Waals surface area (Å²) in [5.41, 5.74) is 3.84. The minimum Gasteiger partial charge on any atom is -0.871 e. The molecule has 11 aromatic carbocycles. The third-order valence-electron chi connectivity index (χ3n) is 15.1. The molecule has 0 radical (unpaired) electrons. The first-order valence-corrected chi connectivity index (χ1v) is 28.7. The van der Waals surface area contributed by atoms with Crippen LogP contribution < -0.4 is 38.7 Å². The maximum atomic E-state index is 13.1. The molecular weight excluding hydrogens is 1070 g/mol. The molecule has 0 unspecified atom stereocenters. The van der Waals surface area contributed by atoms with Crippen LogP contribution in [-0.2, 0) is 10.1 Å². The summed E-state index contributed by atoms with van der Waals surface area (Å²) >= 11 is 0. The van der Waals surface area contributed by atoms with Gasteiger partial charge in [0.05, 0.1) is 7.32 Å². The topological polar surface area (TPSA) is 134 Å². The lowest BCUT2D eigenvalue weighted by Crippen LogP contribution is -2.48. The van der Waals surface area contributed by atoms with Gasteiger partial charge in [0.2, 0.25) is 12.4 Å². The van der Waals surface area contributed by atoms with E-state index in [1.54, 1.807) is 36.7 Å².